The average Bonchev–Trinajstić information content (AvgIpc) is 3.28. The number of ether oxygens (including phenoxy) is 1. The minimum Gasteiger partial charge on any atom is -0.477 e. The highest BCUT2D eigenvalue weighted by Gasteiger charge is 2.45. The molecule has 0 spiro atoms. The maximum atomic E-state index is 13.0. The first-order chi connectivity index (χ1) is 14.0. The van der Waals surface area contributed by atoms with E-state index in [0.717, 1.165) is 34.4 Å². The molecule has 0 amide bonds. The van der Waals surface area contributed by atoms with E-state index in [9.17, 15) is 13.2 Å². The zero-order valence-electron chi connectivity index (χ0n) is 15.3. The van der Waals surface area contributed by atoms with Crippen LogP contribution in [0.1, 0.15) is 16.7 Å². The standard InChI is InChI=1S/C25H16F3O/c26-25(27,28)20-12-10-19(11-13-20)24(18-6-2-3-7-18)16-15-22-21-8-4-1-5-17(21)9-14-23(22)29-24/h1-16H. The van der Waals surface area contributed by atoms with Gasteiger partial charge in [-0.15, -0.1) is 0 Å². The fourth-order valence-electron chi connectivity index (χ4n) is 3.95. The molecule has 4 heteroatoms. The van der Waals surface area contributed by atoms with Gasteiger partial charge >= 0.3 is 6.18 Å². The van der Waals surface area contributed by atoms with Crippen LogP contribution < -0.4 is 4.74 Å². The SMILES string of the molecule is FC(F)(F)c1ccc(C2([C]3[CH][CH][CH][CH]3)C=Cc3c(ccc4ccccc34)O2)cc1. The summed E-state index contributed by atoms with van der Waals surface area (Å²) in [7, 11) is 0. The Morgan fingerprint density at radius 3 is 2.24 bits per heavy atom. The molecular formula is C25H16F3O. The van der Waals surface area contributed by atoms with E-state index >= 15 is 0 Å². The first kappa shape index (κ1) is 18.3. The fourth-order valence-corrected chi connectivity index (χ4v) is 3.95. The lowest BCUT2D eigenvalue weighted by Gasteiger charge is -2.40. The molecule has 1 atom stereocenters. The molecule has 0 aromatic heterocycles. The van der Waals surface area contributed by atoms with Crippen molar-refractivity contribution in [3.05, 3.63) is 115 Å². The van der Waals surface area contributed by atoms with Crippen LogP contribution >= 0.6 is 0 Å². The van der Waals surface area contributed by atoms with E-state index in [1.807, 2.05) is 74.2 Å². The van der Waals surface area contributed by atoms with Crippen molar-refractivity contribution >= 4 is 16.8 Å². The lowest BCUT2D eigenvalue weighted by molar-refractivity contribution is -0.137. The van der Waals surface area contributed by atoms with Gasteiger partial charge in [-0.1, -0.05) is 48.5 Å². The van der Waals surface area contributed by atoms with Gasteiger partial charge in [0.2, 0.25) is 0 Å². The minimum absolute atomic E-state index is 0.645. The summed E-state index contributed by atoms with van der Waals surface area (Å²) in [6, 6.07) is 17.1. The third-order valence-corrected chi connectivity index (χ3v) is 5.42. The number of benzene rings is 3. The highest BCUT2D eigenvalue weighted by molar-refractivity contribution is 5.94. The van der Waals surface area contributed by atoms with E-state index in [-0.39, 0.29) is 0 Å². The van der Waals surface area contributed by atoms with E-state index in [1.54, 1.807) is 0 Å². The van der Waals surface area contributed by atoms with Crippen LogP contribution in [0, 0.1) is 31.6 Å². The zero-order chi connectivity index (χ0) is 20.1. The van der Waals surface area contributed by atoms with Gasteiger partial charge in [0.25, 0.3) is 0 Å². The molecule has 3 aromatic carbocycles. The summed E-state index contributed by atoms with van der Waals surface area (Å²) in [6.07, 6.45) is 7.21. The Hall–Kier alpha value is -2.75. The largest absolute Gasteiger partial charge is 0.477 e. The van der Waals surface area contributed by atoms with Crippen molar-refractivity contribution in [2.75, 3.05) is 0 Å². The molecule has 1 heterocycles. The Morgan fingerprint density at radius 1 is 0.793 bits per heavy atom. The maximum absolute atomic E-state index is 13.0. The number of hydrogen-bond donors (Lipinski definition) is 0. The second-order valence-electron chi connectivity index (χ2n) is 7.12. The van der Waals surface area contributed by atoms with Gasteiger partial charge in [-0.3, -0.25) is 0 Å². The third kappa shape index (κ3) is 3.02. The van der Waals surface area contributed by atoms with Gasteiger partial charge in [0, 0.05) is 11.5 Å². The van der Waals surface area contributed by atoms with Crippen molar-refractivity contribution in [1.82, 2.24) is 0 Å². The van der Waals surface area contributed by atoms with Crippen LogP contribution in [0.2, 0.25) is 0 Å². The smallest absolute Gasteiger partial charge is 0.416 e. The van der Waals surface area contributed by atoms with Crippen molar-refractivity contribution in [3.63, 3.8) is 0 Å². The molecule has 1 nitrogen and oxygen atoms in total. The van der Waals surface area contributed by atoms with Crippen molar-refractivity contribution < 1.29 is 17.9 Å². The van der Waals surface area contributed by atoms with Crippen LogP contribution in [0.4, 0.5) is 13.2 Å². The van der Waals surface area contributed by atoms with E-state index in [4.69, 9.17) is 4.74 Å². The Kier molecular flexibility index (Phi) is 4.19. The van der Waals surface area contributed by atoms with Gasteiger partial charge in [-0.05, 0) is 66.3 Å². The van der Waals surface area contributed by atoms with Crippen LogP contribution in [-0.4, -0.2) is 0 Å². The quantitative estimate of drug-likeness (QED) is 0.482. The van der Waals surface area contributed by atoms with Crippen LogP contribution in [-0.2, 0) is 11.8 Å². The molecule has 1 unspecified atom stereocenters. The first-order valence-electron chi connectivity index (χ1n) is 9.27. The Balaban J connectivity index is 1.62. The summed E-state index contributed by atoms with van der Waals surface area (Å²) in [6.45, 7) is 0. The molecule has 5 radical (unpaired) electrons. The third-order valence-electron chi connectivity index (χ3n) is 5.42. The molecule has 0 bridgehead atoms. The number of hydrogen-bond acceptors (Lipinski definition) is 1. The lowest BCUT2D eigenvalue weighted by atomic mass is 9.77. The van der Waals surface area contributed by atoms with Gasteiger partial charge in [0.05, 0.1) is 5.56 Å². The van der Waals surface area contributed by atoms with E-state index in [0.29, 0.717) is 11.3 Å². The molecular weight excluding hydrogens is 373 g/mol. The van der Waals surface area contributed by atoms with Gasteiger partial charge in [0.15, 0.2) is 5.60 Å². The number of rotatable bonds is 2. The normalized spacial score (nSPS) is 21.9. The number of fused-ring (bicyclic) bond motifs is 3. The maximum Gasteiger partial charge on any atom is 0.416 e. The fraction of sp³-hybridized carbons (Fsp3) is 0.0800. The van der Waals surface area contributed by atoms with E-state index in [1.165, 1.54) is 12.1 Å². The van der Waals surface area contributed by atoms with Crippen molar-refractivity contribution in [3.8, 4) is 5.75 Å². The van der Waals surface area contributed by atoms with Crippen molar-refractivity contribution in [1.29, 1.82) is 0 Å². The molecule has 0 saturated heterocycles. The van der Waals surface area contributed by atoms with Crippen molar-refractivity contribution in [2.24, 2.45) is 0 Å². The lowest BCUT2D eigenvalue weighted by Crippen LogP contribution is -2.39. The summed E-state index contributed by atoms with van der Waals surface area (Å²) < 4.78 is 45.6. The topological polar surface area (TPSA) is 9.23 Å². The van der Waals surface area contributed by atoms with Crippen LogP contribution in [0.25, 0.3) is 16.8 Å². The molecule has 0 N–H and O–H groups in total. The highest BCUT2D eigenvalue weighted by Crippen LogP contribution is 2.49. The average molecular weight is 389 g/mol. The van der Waals surface area contributed by atoms with Gasteiger partial charge in [0.1, 0.15) is 5.75 Å². The molecule has 143 valence electrons. The predicted molar refractivity (Wildman–Crippen MR) is 107 cm³/mol. The number of halogens is 3. The molecule has 1 aliphatic carbocycles. The summed E-state index contributed by atoms with van der Waals surface area (Å²) in [5.41, 5.74) is -0.0441. The summed E-state index contributed by atoms with van der Waals surface area (Å²) in [5.74, 6) is 1.57. The molecule has 1 aliphatic heterocycles. The molecule has 5 rings (SSSR count). The Morgan fingerprint density at radius 2 is 1.52 bits per heavy atom. The van der Waals surface area contributed by atoms with E-state index < -0.39 is 17.3 Å². The summed E-state index contributed by atoms with van der Waals surface area (Å²) in [5, 5.41) is 2.18. The van der Waals surface area contributed by atoms with Gasteiger partial charge in [-0.2, -0.15) is 13.2 Å². The van der Waals surface area contributed by atoms with Crippen LogP contribution in [0.15, 0.2) is 66.7 Å². The van der Waals surface area contributed by atoms with Gasteiger partial charge in [-0.25, -0.2) is 0 Å². The second-order valence-corrected chi connectivity index (χ2v) is 7.12. The summed E-state index contributed by atoms with van der Waals surface area (Å²) >= 11 is 0. The van der Waals surface area contributed by atoms with E-state index in [2.05, 4.69) is 0 Å². The number of alkyl halides is 3. The predicted octanol–water partition coefficient (Wildman–Crippen LogP) is 6.56. The molecule has 1 fully saturated rings. The van der Waals surface area contributed by atoms with Crippen molar-refractivity contribution in [2.45, 2.75) is 11.8 Å². The van der Waals surface area contributed by atoms with Crippen LogP contribution in [0.3, 0.4) is 0 Å². The summed E-state index contributed by atoms with van der Waals surface area (Å²) in [4.78, 5) is 0. The second kappa shape index (κ2) is 6.65. The first-order valence-corrected chi connectivity index (χ1v) is 9.27. The Bertz CT molecular complexity index is 1080. The van der Waals surface area contributed by atoms with Gasteiger partial charge < -0.3 is 4.74 Å². The van der Waals surface area contributed by atoms with Crippen LogP contribution in [0.5, 0.6) is 5.75 Å². The molecule has 3 aromatic rings. The molecule has 29 heavy (non-hydrogen) atoms. The highest BCUT2D eigenvalue weighted by atomic mass is 19.4. The molecule has 2 aliphatic rings. The minimum atomic E-state index is -4.37. The Labute approximate surface area is 167 Å². The molecule has 1 saturated carbocycles. The monoisotopic (exact) mass is 389 g/mol. The zero-order valence-corrected chi connectivity index (χ0v) is 15.3.